The van der Waals surface area contributed by atoms with Gasteiger partial charge in [0.25, 0.3) is 0 Å². The SMILES string of the molecule is N#Cc1cc(-c2cccc(C(F)(F)F)c2)ccc1O. The van der Waals surface area contributed by atoms with E-state index in [0.717, 1.165) is 12.1 Å². The first-order valence-corrected chi connectivity index (χ1v) is 5.32. The molecule has 2 nitrogen and oxygen atoms in total. The Morgan fingerprint density at radius 2 is 1.68 bits per heavy atom. The molecule has 0 aliphatic rings. The summed E-state index contributed by atoms with van der Waals surface area (Å²) >= 11 is 0. The monoisotopic (exact) mass is 263 g/mol. The fourth-order valence-corrected chi connectivity index (χ4v) is 1.68. The number of halogens is 3. The van der Waals surface area contributed by atoms with Crippen molar-refractivity contribution in [3.05, 3.63) is 53.6 Å². The topological polar surface area (TPSA) is 44.0 Å². The fourth-order valence-electron chi connectivity index (χ4n) is 1.68. The summed E-state index contributed by atoms with van der Waals surface area (Å²) in [5, 5.41) is 18.1. The number of rotatable bonds is 1. The molecule has 0 aromatic heterocycles. The lowest BCUT2D eigenvalue weighted by Crippen LogP contribution is -2.04. The highest BCUT2D eigenvalue weighted by molar-refractivity contribution is 5.67. The van der Waals surface area contributed by atoms with Gasteiger partial charge in [-0.25, -0.2) is 0 Å². The zero-order valence-electron chi connectivity index (χ0n) is 9.57. The molecular formula is C14H8F3NO. The molecule has 0 saturated heterocycles. The third-order valence-corrected chi connectivity index (χ3v) is 2.64. The van der Waals surface area contributed by atoms with Crippen LogP contribution in [0.15, 0.2) is 42.5 Å². The van der Waals surface area contributed by atoms with E-state index in [-0.39, 0.29) is 11.3 Å². The molecule has 0 amide bonds. The van der Waals surface area contributed by atoms with Gasteiger partial charge >= 0.3 is 6.18 Å². The van der Waals surface area contributed by atoms with E-state index in [2.05, 4.69) is 0 Å². The lowest BCUT2D eigenvalue weighted by Gasteiger charge is -2.09. The molecule has 0 atom stereocenters. The highest BCUT2D eigenvalue weighted by Gasteiger charge is 2.30. The summed E-state index contributed by atoms with van der Waals surface area (Å²) in [5.74, 6) is -0.196. The van der Waals surface area contributed by atoms with E-state index in [4.69, 9.17) is 5.26 Å². The van der Waals surface area contributed by atoms with E-state index in [1.54, 1.807) is 6.07 Å². The second kappa shape index (κ2) is 4.65. The molecule has 5 heteroatoms. The number of nitriles is 1. The first-order valence-electron chi connectivity index (χ1n) is 5.32. The van der Waals surface area contributed by atoms with Crippen molar-refractivity contribution in [3.8, 4) is 22.9 Å². The van der Waals surface area contributed by atoms with E-state index >= 15 is 0 Å². The third-order valence-electron chi connectivity index (χ3n) is 2.64. The molecule has 0 spiro atoms. The van der Waals surface area contributed by atoms with Crippen LogP contribution in [0.25, 0.3) is 11.1 Å². The number of phenols is 1. The van der Waals surface area contributed by atoms with Gasteiger partial charge in [0.05, 0.1) is 11.1 Å². The van der Waals surface area contributed by atoms with Crippen molar-refractivity contribution in [3.63, 3.8) is 0 Å². The summed E-state index contributed by atoms with van der Waals surface area (Å²) in [6.07, 6.45) is -4.41. The van der Waals surface area contributed by atoms with Gasteiger partial charge in [0, 0.05) is 0 Å². The summed E-state index contributed by atoms with van der Waals surface area (Å²) in [7, 11) is 0. The smallest absolute Gasteiger partial charge is 0.416 e. The van der Waals surface area contributed by atoms with Gasteiger partial charge in [-0.3, -0.25) is 0 Å². The molecule has 0 aliphatic heterocycles. The Morgan fingerprint density at radius 3 is 2.32 bits per heavy atom. The molecule has 2 rings (SSSR count). The van der Waals surface area contributed by atoms with Gasteiger partial charge < -0.3 is 5.11 Å². The molecule has 0 bridgehead atoms. The predicted octanol–water partition coefficient (Wildman–Crippen LogP) is 3.95. The lowest BCUT2D eigenvalue weighted by molar-refractivity contribution is -0.137. The quantitative estimate of drug-likeness (QED) is 0.846. The predicted molar refractivity (Wildman–Crippen MR) is 63.3 cm³/mol. The Kier molecular flexibility index (Phi) is 3.17. The number of alkyl halides is 3. The van der Waals surface area contributed by atoms with Crippen molar-refractivity contribution in [1.29, 1.82) is 5.26 Å². The molecule has 2 aromatic carbocycles. The van der Waals surface area contributed by atoms with Gasteiger partial charge in [-0.1, -0.05) is 18.2 Å². The van der Waals surface area contributed by atoms with Crippen molar-refractivity contribution in [2.24, 2.45) is 0 Å². The maximum atomic E-state index is 12.6. The molecule has 0 radical (unpaired) electrons. The van der Waals surface area contributed by atoms with Crippen LogP contribution in [0.3, 0.4) is 0 Å². The van der Waals surface area contributed by atoms with Crippen molar-refractivity contribution in [2.45, 2.75) is 6.18 Å². The maximum Gasteiger partial charge on any atom is 0.416 e. The third kappa shape index (κ3) is 2.68. The minimum Gasteiger partial charge on any atom is -0.507 e. The Morgan fingerprint density at radius 1 is 1.00 bits per heavy atom. The number of nitrogens with zero attached hydrogens (tertiary/aromatic N) is 1. The van der Waals surface area contributed by atoms with E-state index in [9.17, 15) is 18.3 Å². The van der Waals surface area contributed by atoms with Gasteiger partial charge in [-0.15, -0.1) is 0 Å². The van der Waals surface area contributed by atoms with Crippen molar-refractivity contribution < 1.29 is 18.3 Å². The standard InChI is InChI=1S/C14H8F3NO/c15-14(16,17)12-3-1-2-9(7-12)10-4-5-13(19)11(6-10)8-18/h1-7,19H. The largest absolute Gasteiger partial charge is 0.507 e. The Labute approximate surface area is 107 Å². The zero-order valence-corrected chi connectivity index (χ0v) is 9.57. The van der Waals surface area contributed by atoms with Gasteiger partial charge in [0.1, 0.15) is 11.8 Å². The molecular weight excluding hydrogens is 255 g/mol. The van der Waals surface area contributed by atoms with E-state index in [1.165, 1.54) is 30.3 Å². The number of aromatic hydroxyl groups is 1. The van der Waals surface area contributed by atoms with Crippen molar-refractivity contribution >= 4 is 0 Å². The molecule has 96 valence electrons. The highest BCUT2D eigenvalue weighted by atomic mass is 19.4. The van der Waals surface area contributed by atoms with Crippen molar-refractivity contribution in [1.82, 2.24) is 0 Å². The van der Waals surface area contributed by atoms with Crippen LogP contribution in [0.1, 0.15) is 11.1 Å². The number of phenolic OH excluding ortho intramolecular Hbond substituents is 1. The van der Waals surface area contributed by atoms with E-state index < -0.39 is 11.7 Å². The van der Waals surface area contributed by atoms with Crippen molar-refractivity contribution in [2.75, 3.05) is 0 Å². The molecule has 0 fully saturated rings. The summed E-state index contributed by atoms with van der Waals surface area (Å²) in [6.45, 7) is 0. The van der Waals surface area contributed by atoms with Gasteiger partial charge in [0.2, 0.25) is 0 Å². The van der Waals surface area contributed by atoms with Crippen LogP contribution in [0.4, 0.5) is 13.2 Å². The summed E-state index contributed by atoms with van der Waals surface area (Å²) < 4.78 is 37.8. The van der Waals surface area contributed by atoms with Crippen LogP contribution in [0, 0.1) is 11.3 Å². The molecule has 0 saturated carbocycles. The van der Waals surface area contributed by atoms with Crippen LogP contribution >= 0.6 is 0 Å². The molecule has 19 heavy (non-hydrogen) atoms. The van der Waals surface area contributed by atoms with Gasteiger partial charge in [-0.2, -0.15) is 18.4 Å². The number of hydrogen-bond donors (Lipinski definition) is 1. The number of benzene rings is 2. The van der Waals surface area contributed by atoms with Crippen LogP contribution in [0.5, 0.6) is 5.75 Å². The molecule has 1 N–H and O–H groups in total. The number of hydrogen-bond acceptors (Lipinski definition) is 2. The minimum atomic E-state index is -4.41. The molecule has 2 aromatic rings. The first kappa shape index (κ1) is 13.0. The Hall–Kier alpha value is -2.48. The van der Waals surface area contributed by atoms with Crippen LogP contribution < -0.4 is 0 Å². The molecule has 0 unspecified atom stereocenters. The highest BCUT2D eigenvalue weighted by Crippen LogP contribution is 2.33. The Bertz CT molecular complexity index is 656. The summed E-state index contributed by atoms with van der Waals surface area (Å²) in [6, 6.07) is 10.7. The minimum absolute atomic E-state index is 0.0231. The van der Waals surface area contributed by atoms with Crippen LogP contribution in [-0.4, -0.2) is 5.11 Å². The first-order chi connectivity index (χ1) is 8.91. The maximum absolute atomic E-state index is 12.6. The van der Waals surface area contributed by atoms with Gasteiger partial charge in [0.15, 0.2) is 0 Å². The molecule has 0 heterocycles. The normalized spacial score (nSPS) is 11.1. The molecule has 0 aliphatic carbocycles. The second-order valence-corrected chi connectivity index (χ2v) is 3.92. The van der Waals surface area contributed by atoms with Gasteiger partial charge in [-0.05, 0) is 35.4 Å². The summed E-state index contributed by atoms with van der Waals surface area (Å²) in [5.41, 5.74) is 0.0540. The van der Waals surface area contributed by atoms with Crippen LogP contribution in [0.2, 0.25) is 0 Å². The average Bonchev–Trinajstić information content (AvgIpc) is 2.38. The average molecular weight is 263 g/mol. The summed E-state index contributed by atoms with van der Waals surface area (Å²) in [4.78, 5) is 0. The Balaban J connectivity index is 2.51. The fraction of sp³-hybridized carbons (Fsp3) is 0.0714. The zero-order chi connectivity index (χ0) is 14.0. The van der Waals surface area contributed by atoms with E-state index in [1.807, 2.05) is 0 Å². The lowest BCUT2D eigenvalue weighted by atomic mass is 10.0. The van der Waals surface area contributed by atoms with E-state index in [0.29, 0.717) is 11.1 Å². The van der Waals surface area contributed by atoms with Crippen LogP contribution in [-0.2, 0) is 6.18 Å². The second-order valence-electron chi connectivity index (χ2n) is 3.92.